The number of ether oxygens (including phenoxy) is 1. The van der Waals surface area contributed by atoms with E-state index in [9.17, 15) is 13.2 Å². The predicted octanol–water partition coefficient (Wildman–Crippen LogP) is 1.52. The molecule has 0 radical (unpaired) electrons. The summed E-state index contributed by atoms with van der Waals surface area (Å²) in [5.41, 5.74) is 0. The Kier molecular flexibility index (Phi) is 7.28. The lowest BCUT2D eigenvalue weighted by Gasteiger charge is -2.35. The number of carbonyl (C=O) groups is 1. The van der Waals surface area contributed by atoms with Gasteiger partial charge in [-0.15, -0.1) is 0 Å². The molecule has 9 heteroatoms. The lowest BCUT2D eigenvalue weighted by molar-refractivity contribution is -0.133. The summed E-state index contributed by atoms with van der Waals surface area (Å²) >= 11 is 6.05. The smallest absolute Gasteiger partial charge is 0.243 e. The van der Waals surface area contributed by atoms with Crippen LogP contribution in [0.2, 0.25) is 5.02 Å². The molecular weight excluding hydrogens is 378 g/mol. The van der Waals surface area contributed by atoms with Gasteiger partial charge in [0.25, 0.3) is 0 Å². The maximum Gasteiger partial charge on any atom is 0.243 e. The van der Waals surface area contributed by atoms with E-state index in [1.807, 2.05) is 0 Å². The molecule has 0 bridgehead atoms. The molecule has 0 unspecified atom stereocenters. The number of hydrogen-bond acceptors (Lipinski definition) is 5. The van der Waals surface area contributed by atoms with Crippen LogP contribution in [-0.4, -0.2) is 81.4 Å². The molecule has 0 N–H and O–H groups in total. The normalized spacial score (nSPS) is 16.1. The van der Waals surface area contributed by atoms with Crippen LogP contribution < -0.4 is 4.74 Å². The number of benzene rings is 1. The van der Waals surface area contributed by atoms with Crippen molar-refractivity contribution in [2.24, 2.45) is 0 Å². The second-order valence-electron chi connectivity index (χ2n) is 6.04. The molecule has 0 aliphatic carbocycles. The van der Waals surface area contributed by atoms with Gasteiger partial charge in [-0.3, -0.25) is 4.79 Å². The first-order chi connectivity index (χ1) is 12.3. The van der Waals surface area contributed by atoms with E-state index in [-0.39, 0.29) is 28.9 Å². The Morgan fingerprint density at radius 1 is 1.23 bits per heavy atom. The zero-order chi connectivity index (χ0) is 19.3. The van der Waals surface area contributed by atoms with Crippen molar-refractivity contribution in [1.29, 1.82) is 0 Å². The molecule has 26 heavy (non-hydrogen) atoms. The number of hydrogen-bond donors (Lipinski definition) is 0. The standard InChI is InChI=1S/C17H26ClN3O4S/c1-4-19-8-10-20(11-9-19)17(22)13-21(5-2)26(23,24)14-6-7-16(25-3)15(18)12-14/h6-7,12H,4-5,8-11,13H2,1-3H3. The molecule has 0 atom stereocenters. The highest BCUT2D eigenvalue weighted by Crippen LogP contribution is 2.28. The minimum atomic E-state index is -3.81. The average Bonchev–Trinajstić information content (AvgIpc) is 2.65. The lowest BCUT2D eigenvalue weighted by Crippen LogP contribution is -2.51. The molecule has 0 spiro atoms. The third-order valence-corrected chi connectivity index (χ3v) is 6.81. The Hall–Kier alpha value is -1.35. The van der Waals surface area contributed by atoms with Crippen LogP contribution in [0.1, 0.15) is 13.8 Å². The largest absolute Gasteiger partial charge is 0.495 e. The van der Waals surface area contributed by atoms with Crippen LogP contribution in [0.3, 0.4) is 0 Å². The minimum absolute atomic E-state index is 0.0498. The molecule has 1 heterocycles. The van der Waals surface area contributed by atoms with E-state index in [0.29, 0.717) is 18.8 Å². The van der Waals surface area contributed by atoms with Gasteiger partial charge in [0.05, 0.1) is 23.6 Å². The molecule has 1 fully saturated rings. The first-order valence-corrected chi connectivity index (χ1v) is 10.5. The van der Waals surface area contributed by atoms with Crippen LogP contribution in [0.15, 0.2) is 23.1 Å². The molecule has 0 saturated carbocycles. The molecule has 1 aliphatic heterocycles. The summed E-state index contributed by atoms with van der Waals surface area (Å²) in [6.07, 6.45) is 0. The van der Waals surface area contributed by atoms with Crippen molar-refractivity contribution in [2.45, 2.75) is 18.7 Å². The third-order valence-electron chi connectivity index (χ3n) is 4.60. The van der Waals surface area contributed by atoms with Gasteiger partial charge < -0.3 is 14.5 Å². The highest BCUT2D eigenvalue weighted by atomic mass is 35.5. The van der Waals surface area contributed by atoms with E-state index in [1.165, 1.54) is 29.6 Å². The Bertz CT molecular complexity index is 734. The Morgan fingerprint density at radius 2 is 1.88 bits per heavy atom. The SMILES string of the molecule is CCN1CCN(C(=O)CN(CC)S(=O)(=O)c2ccc(OC)c(Cl)c2)CC1. The van der Waals surface area contributed by atoms with Crippen LogP contribution in [0.4, 0.5) is 0 Å². The summed E-state index contributed by atoms with van der Waals surface area (Å²) in [6, 6.07) is 4.30. The molecule has 7 nitrogen and oxygen atoms in total. The van der Waals surface area contributed by atoms with E-state index in [2.05, 4.69) is 11.8 Å². The molecule has 146 valence electrons. The van der Waals surface area contributed by atoms with Crippen molar-refractivity contribution >= 4 is 27.5 Å². The summed E-state index contributed by atoms with van der Waals surface area (Å²) in [4.78, 5) is 16.6. The van der Waals surface area contributed by atoms with Gasteiger partial charge in [-0.05, 0) is 24.7 Å². The molecule has 1 aromatic rings. The van der Waals surface area contributed by atoms with Crippen LogP contribution in [0.5, 0.6) is 5.75 Å². The second kappa shape index (κ2) is 9.03. The Morgan fingerprint density at radius 3 is 2.38 bits per heavy atom. The van der Waals surface area contributed by atoms with Crippen molar-refractivity contribution in [3.63, 3.8) is 0 Å². The molecule has 0 aromatic heterocycles. The minimum Gasteiger partial charge on any atom is -0.495 e. The number of halogens is 1. The van der Waals surface area contributed by atoms with Crippen molar-refractivity contribution in [2.75, 3.05) is 52.9 Å². The number of methoxy groups -OCH3 is 1. The topological polar surface area (TPSA) is 70.2 Å². The zero-order valence-electron chi connectivity index (χ0n) is 15.4. The molecular formula is C17H26ClN3O4S. The van der Waals surface area contributed by atoms with Gasteiger partial charge in [0.1, 0.15) is 5.75 Å². The van der Waals surface area contributed by atoms with Crippen LogP contribution in [0.25, 0.3) is 0 Å². The van der Waals surface area contributed by atoms with Gasteiger partial charge in [0.2, 0.25) is 15.9 Å². The Balaban J connectivity index is 2.11. The molecule has 1 amide bonds. The van der Waals surface area contributed by atoms with Crippen molar-refractivity contribution < 1.29 is 17.9 Å². The van der Waals surface area contributed by atoms with E-state index >= 15 is 0 Å². The fourth-order valence-electron chi connectivity index (χ4n) is 2.89. The highest BCUT2D eigenvalue weighted by molar-refractivity contribution is 7.89. The number of sulfonamides is 1. The fourth-order valence-corrected chi connectivity index (χ4v) is 4.64. The summed E-state index contributed by atoms with van der Waals surface area (Å²) in [5.74, 6) is 0.226. The van der Waals surface area contributed by atoms with Gasteiger partial charge in [-0.2, -0.15) is 4.31 Å². The lowest BCUT2D eigenvalue weighted by atomic mass is 10.3. The van der Waals surface area contributed by atoms with Gasteiger partial charge in [-0.25, -0.2) is 8.42 Å². The maximum atomic E-state index is 12.9. The Labute approximate surface area is 160 Å². The first-order valence-electron chi connectivity index (χ1n) is 8.67. The van der Waals surface area contributed by atoms with Gasteiger partial charge in [-0.1, -0.05) is 25.4 Å². The van der Waals surface area contributed by atoms with Crippen molar-refractivity contribution in [1.82, 2.24) is 14.1 Å². The second-order valence-corrected chi connectivity index (χ2v) is 8.39. The fraction of sp³-hybridized carbons (Fsp3) is 0.588. The molecule has 1 aromatic carbocycles. The summed E-state index contributed by atoms with van der Waals surface area (Å²) in [7, 11) is -2.35. The number of carbonyl (C=O) groups excluding carboxylic acids is 1. The number of piperazine rings is 1. The summed E-state index contributed by atoms with van der Waals surface area (Å²) in [5, 5.41) is 0.214. The molecule has 2 rings (SSSR count). The average molecular weight is 404 g/mol. The monoisotopic (exact) mass is 403 g/mol. The quantitative estimate of drug-likeness (QED) is 0.690. The van der Waals surface area contributed by atoms with E-state index in [4.69, 9.17) is 16.3 Å². The molecule has 1 aliphatic rings. The third kappa shape index (κ3) is 4.68. The molecule has 1 saturated heterocycles. The van der Waals surface area contributed by atoms with Crippen LogP contribution in [0, 0.1) is 0 Å². The number of amides is 1. The van der Waals surface area contributed by atoms with Gasteiger partial charge in [0.15, 0.2) is 0 Å². The van der Waals surface area contributed by atoms with Crippen LogP contribution in [-0.2, 0) is 14.8 Å². The van der Waals surface area contributed by atoms with E-state index in [0.717, 1.165) is 19.6 Å². The van der Waals surface area contributed by atoms with E-state index < -0.39 is 10.0 Å². The van der Waals surface area contributed by atoms with Crippen molar-refractivity contribution in [3.05, 3.63) is 23.2 Å². The highest BCUT2D eigenvalue weighted by Gasteiger charge is 2.29. The van der Waals surface area contributed by atoms with E-state index in [1.54, 1.807) is 11.8 Å². The number of rotatable bonds is 7. The maximum absolute atomic E-state index is 12.9. The number of nitrogens with zero attached hydrogens (tertiary/aromatic N) is 3. The predicted molar refractivity (Wildman–Crippen MR) is 101 cm³/mol. The first kappa shape index (κ1) is 21.0. The zero-order valence-corrected chi connectivity index (χ0v) is 17.0. The number of likely N-dealkylation sites (N-methyl/N-ethyl adjacent to an activating group) is 2. The van der Waals surface area contributed by atoms with Gasteiger partial charge in [0, 0.05) is 32.7 Å². The van der Waals surface area contributed by atoms with Crippen LogP contribution >= 0.6 is 11.6 Å². The van der Waals surface area contributed by atoms with Crippen molar-refractivity contribution in [3.8, 4) is 5.75 Å². The summed E-state index contributed by atoms with van der Waals surface area (Å²) < 4.78 is 32.0. The van der Waals surface area contributed by atoms with Gasteiger partial charge >= 0.3 is 0 Å². The summed E-state index contributed by atoms with van der Waals surface area (Å²) in [6.45, 7) is 7.66.